The van der Waals surface area contributed by atoms with E-state index in [4.69, 9.17) is 22.6 Å². The largest absolute Gasteiger partial charge is 0.365 e. The SMILES string of the molecule is N#CC(=Cc1cccc(Cl)c1)C(N)=O. The van der Waals surface area contributed by atoms with Crippen molar-refractivity contribution in [3.05, 3.63) is 40.4 Å². The molecule has 0 aromatic heterocycles. The summed E-state index contributed by atoms with van der Waals surface area (Å²) in [6.45, 7) is 0. The molecule has 3 nitrogen and oxygen atoms in total. The number of hydrogen-bond acceptors (Lipinski definition) is 2. The van der Waals surface area contributed by atoms with Crippen molar-refractivity contribution in [3.8, 4) is 6.07 Å². The molecule has 0 heterocycles. The fourth-order valence-electron chi connectivity index (χ4n) is 0.922. The van der Waals surface area contributed by atoms with E-state index < -0.39 is 5.91 Å². The van der Waals surface area contributed by atoms with Gasteiger partial charge in [-0.25, -0.2) is 0 Å². The number of halogens is 1. The van der Waals surface area contributed by atoms with E-state index in [1.165, 1.54) is 6.08 Å². The zero-order chi connectivity index (χ0) is 10.6. The Balaban J connectivity index is 3.08. The molecule has 0 unspecified atom stereocenters. The molecule has 0 atom stereocenters. The van der Waals surface area contributed by atoms with E-state index in [0.717, 1.165) is 0 Å². The van der Waals surface area contributed by atoms with Crippen molar-refractivity contribution in [1.29, 1.82) is 5.26 Å². The number of carbonyl (C=O) groups is 1. The van der Waals surface area contributed by atoms with Crippen molar-refractivity contribution in [2.45, 2.75) is 0 Å². The van der Waals surface area contributed by atoms with E-state index >= 15 is 0 Å². The third-order valence-corrected chi connectivity index (χ3v) is 1.78. The first-order chi connectivity index (χ1) is 6.63. The van der Waals surface area contributed by atoms with Gasteiger partial charge >= 0.3 is 0 Å². The van der Waals surface area contributed by atoms with Gasteiger partial charge < -0.3 is 5.73 Å². The van der Waals surface area contributed by atoms with Crippen LogP contribution in [0.25, 0.3) is 6.08 Å². The van der Waals surface area contributed by atoms with E-state index in [2.05, 4.69) is 0 Å². The highest BCUT2D eigenvalue weighted by atomic mass is 35.5. The van der Waals surface area contributed by atoms with Gasteiger partial charge in [-0.05, 0) is 23.8 Å². The summed E-state index contributed by atoms with van der Waals surface area (Å²) in [6.07, 6.45) is 1.40. The van der Waals surface area contributed by atoms with Crippen LogP contribution < -0.4 is 5.73 Å². The number of carbonyl (C=O) groups excluding carboxylic acids is 1. The first kappa shape index (κ1) is 10.3. The Morgan fingerprint density at radius 1 is 1.57 bits per heavy atom. The van der Waals surface area contributed by atoms with Crippen LogP contribution in [0.3, 0.4) is 0 Å². The van der Waals surface area contributed by atoms with Crippen LogP contribution in [0.1, 0.15) is 5.56 Å². The maximum Gasteiger partial charge on any atom is 0.259 e. The number of primary amides is 1. The monoisotopic (exact) mass is 206 g/mol. The molecule has 1 aromatic rings. The van der Waals surface area contributed by atoms with Crippen LogP contribution in [0.2, 0.25) is 5.02 Å². The fourth-order valence-corrected chi connectivity index (χ4v) is 1.12. The molecule has 0 bridgehead atoms. The normalized spacial score (nSPS) is 10.7. The third-order valence-electron chi connectivity index (χ3n) is 1.55. The summed E-state index contributed by atoms with van der Waals surface area (Å²) in [6, 6.07) is 8.51. The molecule has 1 rings (SSSR count). The Kier molecular flexibility index (Phi) is 3.27. The average molecular weight is 207 g/mol. The Morgan fingerprint density at radius 2 is 2.29 bits per heavy atom. The molecule has 0 radical (unpaired) electrons. The summed E-state index contributed by atoms with van der Waals surface area (Å²) in [5.41, 5.74) is 5.55. The van der Waals surface area contributed by atoms with Crippen molar-refractivity contribution >= 4 is 23.6 Å². The van der Waals surface area contributed by atoms with Crippen molar-refractivity contribution in [2.75, 3.05) is 0 Å². The molecule has 70 valence electrons. The highest BCUT2D eigenvalue weighted by Crippen LogP contribution is 2.13. The van der Waals surface area contributed by atoms with Crippen LogP contribution in [-0.4, -0.2) is 5.91 Å². The molecular weight excluding hydrogens is 200 g/mol. The first-order valence-corrected chi connectivity index (χ1v) is 4.18. The third kappa shape index (κ3) is 2.61. The van der Waals surface area contributed by atoms with Gasteiger partial charge in [0, 0.05) is 5.02 Å². The standard InChI is InChI=1S/C10H7ClN2O/c11-9-3-1-2-7(5-9)4-8(6-12)10(13)14/h1-5H,(H2,13,14). The molecule has 4 heteroatoms. The summed E-state index contributed by atoms with van der Waals surface area (Å²) >= 11 is 5.72. The number of amides is 1. The van der Waals surface area contributed by atoms with E-state index in [1.54, 1.807) is 30.3 Å². The zero-order valence-corrected chi connectivity index (χ0v) is 7.95. The second kappa shape index (κ2) is 4.45. The molecular formula is C10H7ClN2O. The van der Waals surface area contributed by atoms with Gasteiger partial charge in [0.2, 0.25) is 0 Å². The summed E-state index contributed by atoms with van der Waals surface area (Å²) < 4.78 is 0. The minimum Gasteiger partial charge on any atom is -0.365 e. The lowest BCUT2D eigenvalue weighted by atomic mass is 10.1. The second-order valence-electron chi connectivity index (χ2n) is 2.59. The zero-order valence-electron chi connectivity index (χ0n) is 7.20. The molecule has 0 aliphatic rings. The molecule has 2 N–H and O–H groups in total. The molecule has 14 heavy (non-hydrogen) atoms. The Bertz CT molecular complexity index is 432. The predicted molar refractivity (Wildman–Crippen MR) is 54.2 cm³/mol. The van der Waals surface area contributed by atoms with Crippen LogP contribution in [0, 0.1) is 11.3 Å². The maximum absolute atomic E-state index is 10.7. The molecule has 1 amide bonds. The van der Waals surface area contributed by atoms with Gasteiger partial charge in [0.15, 0.2) is 0 Å². The second-order valence-corrected chi connectivity index (χ2v) is 3.03. The maximum atomic E-state index is 10.7. The quantitative estimate of drug-likeness (QED) is 0.592. The number of nitrogens with zero attached hydrogens (tertiary/aromatic N) is 1. The van der Waals surface area contributed by atoms with Crippen LogP contribution in [-0.2, 0) is 4.79 Å². The average Bonchev–Trinajstić information content (AvgIpc) is 2.14. The van der Waals surface area contributed by atoms with Gasteiger partial charge in [0.1, 0.15) is 11.6 Å². The summed E-state index contributed by atoms with van der Waals surface area (Å²) in [5, 5.41) is 9.12. The van der Waals surface area contributed by atoms with Crippen LogP contribution in [0.5, 0.6) is 0 Å². The van der Waals surface area contributed by atoms with E-state index in [-0.39, 0.29) is 5.57 Å². The lowest BCUT2D eigenvalue weighted by molar-refractivity contribution is -0.114. The van der Waals surface area contributed by atoms with Gasteiger partial charge in [-0.3, -0.25) is 4.79 Å². The highest BCUT2D eigenvalue weighted by molar-refractivity contribution is 6.30. The highest BCUT2D eigenvalue weighted by Gasteiger charge is 2.02. The molecule has 0 aliphatic carbocycles. The van der Waals surface area contributed by atoms with E-state index in [9.17, 15) is 4.79 Å². The molecule has 0 saturated carbocycles. The van der Waals surface area contributed by atoms with Gasteiger partial charge in [-0.1, -0.05) is 23.7 Å². The number of rotatable bonds is 2. The van der Waals surface area contributed by atoms with Crippen LogP contribution in [0.15, 0.2) is 29.8 Å². The first-order valence-electron chi connectivity index (χ1n) is 3.80. The van der Waals surface area contributed by atoms with E-state index in [1.807, 2.05) is 0 Å². The molecule has 1 aromatic carbocycles. The molecule has 0 saturated heterocycles. The van der Waals surface area contributed by atoms with Crippen molar-refractivity contribution in [1.82, 2.24) is 0 Å². The minimum atomic E-state index is -0.743. The van der Waals surface area contributed by atoms with Crippen molar-refractivity contribution in [2.24, 2.45) is 5.73 Å². The molecule has 0 aliphatic heterocycles. The van der Waals surface area contributed by atoms with Crippen LogP contribution >= 0.6 is 11.6 Å². The smallest absolute Gasteiger partial charge is 0.259 e. The number of benzene rings is 1. The Morgan fingerprint density at radius 3 is 2.79 bits per heavy atom. The summed E-state index contributed by atoms with van der Waals surface area (Å²) in [7, 11) is 0. The van der Waals surface area contributed by atoms with Gasteiger partial charge in [-0.15, -0.1) is 0 Å². The lowest BCUT2D eigenvalue weighted by Crippen LogP contribution is -2.12. The number of hydrogen-bond donors (Lipinski definition) is 1. The fraction of sp³-hybridized carbons (Fsp3) is 0. The van der Waals surface area contributed by atoms with Gasteiger partial charge in [-0.2, -0.15) is 5.26 Å². The van der Waals surface area contributed by atoms with E-state index in [0.29, 0.717) is 10.6 Å². The molecule has 0 fully saturated rings. The lowest BCUT2D eigenvalue weighted by Gasteiger charge is -1.95. The summed E-state index contributed by atoms with van der Waals surface area (Å²) in [5.74, 6) is -0.743. The Labute approximate surface area is 86.4 Å². The van der Waals surface area contributed by atoms with Crippen molar-refractivity contribution < 1.29 is 4.79 Å². The van der Waals surface area contributed by atoms with Gasteiger partial charge in [0.25, 0.3) is 5.91 Å². The topological polar surface area (TPSA) is 66.9 Å². The molecule has 0 spiro atoms. The van der Waals surface area contributed by atoms with Crippen LogP contribution in [0.4, 0.5) is 0 Å². The van der Waals surface area contributed by atoms with Crippen molar-refractivity contribution in [3.63, 3.8) is 0 Å². The number of nitrogens with two attached hydrogens (primary N) is 1. The summed E-state index contributed by atoms with van der Waals surface area (Å²) in [4.78, 5) is 10.7. The number of nitriles is 1. The Hall–Kier alpha value is -1.79. The predicted octanol–water partition coefficient (Wildman–Crippen LogP) is 1.73. The van der Waals surface area contributed by atoms with Gasteiger partial charge in [0.05, 0.1) is 0 Å². The minimum absolute atomic E-state index is 0.0905.